The summed E-state index contributed by atoms with van der Waals surface area (Å²) in [5.41, 5.74) is 4.88. The van der Waals surface area contributed by atoms with Crippen molar-refractivity contribution in [2.75, 3.05) is 5.73 Å². The molecule has 0 atom stereocenters. The van der Waals surface area contributed by atoms with Crippen molar-refractivity contribution in [3.05, 3.63) is 21.6 Å². The van der Waals surface area contributed by atoms with E-state index in [9.17, 15) is 9.70 Å². The first-order chi connectivity index (χ1) is 6.24. The largest absolute Gasteiger partial charge is 0.368 e. The van der Waals surface area contributed by atoms with E-state index in [0.29, 0.717) is 4.68 Å². The number of H-pyrrole nitrogens is 1. The molecule has 0 bridgehead atoms. The highest BCUT2D eigenvalue weighted by Crippen LogP contribution is 2.02. The molecule has 0 radical (unpaired) electrons. The van der Waals surface area contributed by atoms with E-state index in [2.05, 4.69) is 20.2 Å². The van der Waals surface area contributed by atoms with E-state index in [-0.39, 0.29) is 17.1 Å². The maximum atomic E-state index is 11.3. The normalized spacial score (nSPS) is 10.5. The number of anilines is 1. The molecule has 0 aliphatic rings. The summed E-state index contributed by atoms with van der Waals surface area (Å²) in [7, 11) is 0. The van der Waals surface area contributed by atoms with Crippen LogP contribution in [-0.2, 0) is 0 Å². The van der Waals surface area contributed by atoms with Crippen LogP contribution in [0.15, 0.2) is 16.4 Å². The predicted octanol–water partition coefficient (Wildman–Crippen LogP) is -0.769. The van der Waals surface area contributed by atoms with Gasteiger partial charge in [0.05, 0.1) is 11.6 Å². The number of aromatic amines is 1. The molecule has 0 aliphatic heterocycles. The summed E-state index contributed by atoms with van der Waals surface area (Å²) in [6.45, 7) is 0. The summed E-state index contributed by atoms with van der Waals surface area (Å²) in [5, 5.41) is 2.42. The first-order valence-corrected chi connectivity index (χ1v) is 3.29. The van der Waals surface area contributed by atoms with Crippen molar-refractivity contribution in [3.63, 3.8) is 0 Å². The molecule has 2 aromatic rings. The van der Waals surface area contributed by atoms with Crippen LogP contribution in [0.1, 0.15) is 0 Å². The van der Waals surface area contributed by atoms with Gasteiger partial charge in [-0.15, -0.1) is 9.58 Å². The molecule has 0 saturated heterocycles. The maximum absolute atomic E-state index is 11.3. The van der Waals surface area contributed by atoms with Gasteiger partial charge in [0.1, 0.15) is 0 Å². The number of aromatic nitrogens is 4. The zero-order valence-corrected chi connectivity index (χ0v) is 6.26. The van der Waals surface area contributed by atoms with E-state index < -0.39 is 5.56 Å². The topological polar surface area (TPSA) is 119 Å². The van der Waals surface area contributed by atoms with Gasteiger partial charge in [-0.1, -0.05) is 0 Å². The number of fused-ring (bicyclic) bond motifs is 1. The van der Waals surface area contributed by atoms with Gasteiger partial charge in [-0.25, -0.2) is 4.98 Å². The second kappa shape index (κ2) is 2.37. The minimum absolute atomic E-state index is 0.105. The number of hydrogen-bond acceptors (Lipinski definition) is 6. The van der Waals surface area contributed by atoms with Crippen LogP contribution in [0.25, 0.3) is 11.2 Å². The lowest BCUT2D eigenvalue weighted by Gasteiger charge is -1.96. The third-order valence-corrected chi connectivity index (χ3v) is 1.54. The molecule has 0 saturated carbocycles. The van der Waals surface area contributed by atoms with E-state index in [4.69, 9.17) is 5.73 Å². The number of nitrogen functional groups attached to an aromatic ring is 1. The van der Waals surface area contributed by atoms with Crippen LogP contribution in [0.5, 0.6) is 0 Å². The van der Waals surface area contributed by atoms with E-state index in [1.54, 1.807) is 0 Å². The Balaban J connectivity index is 3.01. The summed E-state index contributed by atoms with van der Waals surface area (Å²) >= 11 is 0. The fourth-order valence-electron chi connectivity index (χ4n) is 0.974. The average molecular weight is 180 g/mol. The number of hydrogen-bond donors (Lipinski definition) is 2. The lowest BCUT2D eigenvalue weighted by atomic mass is 10.5. The predicted molar refractivity (Wildman–Crippen MR) is 43.8 cm³/mol. The van der Waals surface area contributed by atoms with E-state index in [1.807, 2.05) is 0 Å². The van der Waals surface area contributed by atoms with E-state index in [0.717, 1.165) is 0 Å². The monoisotopic (exact) mass is 180 g/mol. The summed E-state index contributed by atoms with van der Waals surface area (Å²) in [4.78, 5) is 31.4. The quantitative estimate of drug-likeness (QED) is 0.558. The van der Waals surface area contributed by atoms with Crippen LogP contribution in [-0.4, -0.2) is 19.6 Å². The van der Waals surface area contributed by atoms with Crippen molar-refractivity contribution in [3.8, 4) is 0 Å². The van der Waals surface area contributed by atoms with Crippen molar-refractivity contribution in [2.45, 2.75) is 0 Å². The molecule has 8 nitrogen and oxygen atoms in total. The SMILES string of the molecule is Nc1nc2nc[nH]c2c(=O)n1N=O. The fourth-order valence-corrected chi connectivity index (χ4v) is 0.974. The van der Waals surface area contributed by atoms with Gasteiger partial charge in [0.2, 0.25) is 5.95 Å². The second-order valence-electron chi connectivity index (χ2n) is 2.27. The van der Waals surface area contributed by atoms with Crippen molar-refractivity contribution in [1.82, 2.24) is 19.6 Å². The average Bonchev–Trinajstić information content (AvgIpc) is 2.53. The number of nitroso groups, excluding NO2 is 1. The number of rotatable bonds is 1. The highest BCUT2D eigenvalue weighted by molar-refractivity contribution is 5.69. The molecule has 0 unspecified atom stereocenters. The van der Waals surface area contributed by atoms with Crippen LogP contribution >= 0.6 is 0 Å². The zero-order chi connectivity index (χ0) is 9.42. The van der Waals surface area contributed by atoms with Gasteiger partial charge in [-0.3, -0.25) is 4.79 Å². The Bertz CT molecular complexity index is 525. The molecule has 13 heavy (non-hydrogen) atoms. The first kappa shape index (κ1) is 7.40. The Labute approximate surface area is 70.4 Å². The molecule has 0 fully saturated rings. The molecular formula is C5H4N6O2. The lowest BCUT2D eigenvalue weighted by molar-refractivity contribution is 0.817. The minimum Gasteiger partial charge on any atom is -0.368 e. The van der Waals surface area contributed by atoms with Gasteiger partial charge in [-0.05, 0) is 0 Å². The van der Waals surface area contributed by atoms with Crippen LogP contribution in [0.2, 0.25) is 0 Å². The molecule has 0 aliphatic carbocycles. The van der Waals surface area contributed by atoms with E-state index in [1.165, 1.54) is 6.33 Å². The highest BCUT2D eigenvalue weighted by Gasteiger charge is 2.09. The molecule has 8 heteroatoms. The molecule has 0 spiro atoms. The number of imidazole rings is 1. The fraction of sp³-hybridized carbons (Fsp3) is 0. The third kappa shape index (κ3) is 0.883. The second-order valence-corrected chi connectivity index (χ2v) is 2.27. The van der Waals surface area contributed by atoms with Crippen LogP contribution < -0.4 is 11.3 Å². The van der Waals surface area contributed by atoms with E-state index >= 15 is 0 Å². The third-order valence-electron chi connectivity index (χ3n) is 1.54. The minimum atomic E-state index is -0.657. The van der Waals surface area contributed by atoms with Crippen molar-refractivity contribution >= 4 is 17.1 Å². The summed E-state index contributed by atoms with van der Waals surface area (Å²) in [6, 6.07) is 0. The van der Waals surface area contributed by atoms with Crippen molar-refractivity contribution in [1.29, 1.82) is 0 Å². The van der Waals surface area contributed by atoms with Crippen LogP contribution in [0, 0.1) is 4.91 Å². The molecule has 66 valence electrons. The summed E-state index contributed by atoms with van der Waals surface area (Å²) in [5.74, 6) is -0.278. The highest BCUT2D eigenvalue weighted by atomic mass is 16.3. The molecular weight excluding hydrogens is 176 g/mol. The van der Waals surface area contributed by atoms with Gasteiger partial charge in [0.25, 0.3) is 0 Å². The van der Waals surface area contributed by atoms with Crippen molar-refractivity contribution < 1.29 is 0 Å². The van der Waals surface area contributed by atoms with Crippen molar-refractivity contribution in [2.24, 2.45) is 5.29 Å². The lowest BCUT2D eigenvalue weighted by Crippen LogP contribution is -2.20. The number of nitrogens with one attached hydrogen (secondary N) is 1. The smallest absolute Gasteiger partial charge is 0.304 e. The Morgan fingerprint density at radius 3 is 3.08 bits per heavy atom. The number of nitrogens with two attached hydrogens (primary N) is 1. The summed E-state index contributed by atoms with van der Waals surface area (Å²) < 4.78 is 0.459. The molecule has 3 N–H and O–H groups in total. The Morgan fingerprint density at radius 2 is 2.38 bits per heavy atom. The molecule has 2 rings (SSSR count). The van der Waals surface area contributed by atoms with Gasteiger partial charge < -0.3 is 10.7 Å². The standard InChI is InChI=1S/C5H4N6O2/c6-5-9-3-2(7-1-8-3)4(12)11(5)10-13/h1H,(H2,6,9)(H,7,8). The summed E-state index contributed by atoms with van der Waals surface area (Å²) in [6.07, 6.45) is 1.29. The Kier molecular flexibility index (Phi) is 1.35. The zero-order valence-electron chi connectivity index (χ0n) is 6.26. The molecule has 2 heterocycles. The van der Waals surface area contributed by atoms with Gasteiger partial charge in [0, 0.05) is 0 Å². The molecule has 2 aromatic heterocycles. The molecule has 0 aromatic carbocycles. The first-order valence-electron chi connectivity index (χ1n) is 3.29. The molecule has 0 amide bonds. The maximum Gasteiger partial charge on any atom is 0.304 e. The Morgan fingerprint density at radius 1 is 1.62 bits per heavy atom. The van der Waals surface area contributed by atoms with Crippen LogP contribution in [0.3, 0.4) is 0 Å². The number of nitrogens with zero attached hydrogens (tertiary/aromatic N) is 4. The van der Waals surface area contributed by atoms with Gasteiger partial charge in [0.15, 0.2) is 11.2 Å². The Hall–Kier alpha value is -2.25. The van der Waals surface area contributed by atoms with Crippen LogP contribution in [0.4, 0.5) is 5.95 Å². The van der Waals surface area contributed by atoms with Gasteiger partial charge in [-0.2, -0.15) is 4.98 Å². The van der Waals surface area contributed by atoms with Gasteiger partial charge >= 0.3 is 5.56 Å².